The summed E-state index contributed by atoms with van der Waals surface area (Å²) in [5.41, 5.74) is 0.647. The van der Waals surface area contributed by atoms with Gasteiger partial charge in [-0.1, -0.05) is 26.0 Å². The number of nitrogens with zero attached hydrogens (tertiary/aromatic N) is 1. The molecule has 5 heteroatoms. The van der Waals surface area contributed by atoms with Gasteiger partial charge in [-0.05, 0) is 44.4 Å². The summed E-state index contributed by atoms with van der Waals surface area (Å²) in [7, 11) is -3.50. The molecule has 0 heterocycles. The highest BCUT2D eigenvalue weighted by atomic mass is 32.2. The maximum atomic E-state index is 12.7. The number of hydrogen-bond donors (Lipinski definition) is 1. The van der Waals surface area contributed by atoms with E-state index in [-0.39, 0.29) is 10.9 Å². The van der Waals surface area contributed by atoms with Gasteiger partial charge >= 0.3 is 0 Å². The molecule has 114 valence electrons. The number of aliphatic hydroxyl groups excluding tert-OH is 1. The summed E-state index contributed by atoms with van der Waals surface area (Å²) in [6.45, 7) is 8.07. The zero-order valence-electron chi connectivity index (χ0n) is 12.7. The Morgan fingerprint density at radius 3 is 2.40 bits per heavy atom. The van der Waals surface area contributed by atoms with Gasteiger partial charge in [-0.15, -0.1) is 0 Å². The molecule has 0 saturated heterocycles. The monoisotopic (exact) mass is 299 g/mol. The highest BCUT2D eigenvalue weighted by molar-refractivity contribution is 7.89. The predicted molar refractivity (Wildman–Crippen MR) is 81.0 cm³/mol. The van der Waals surface area contributed by atoms with Crippen LogP contribution in [0.1, 0.15) is 52.2 Å². The van der Waals surface area contributed by atoms with Crippen molar-refractivity contribution in [1.29, 1.82) is 0 Å². The normalized spacial score (nSPS) is 13.9. The van der Waals surface area contributed by atoms with Gasteiger partial charge in [0, 0.05) is 12.6 Å². The van der Waals surface area contributed by atoms with Crippen LogP contribution in [-0.4, -0.2) is 30.4 Å². The summed E-state index contributed by atoms with van der Waals surface area (Å²) >= 11 is 0. The Hall–Kier alpha value is -0.910. The summed E-state index contributed by atoms with van der Waals surface area (Å²) < 4.78 is 26.8. The molecule has 1 unspecified atom stereocenters. The van der Waals surface area contributed by atoms with Gasteiger partial charge in [0.2, 0.25) is 10.0 Å². The van der Waals surface area contributed by atoms with Crippen LogP contribution in [-0.2, 0) is 10.0 Å². The van der Waals surface area contributed by atoms with E-state index in [1.165, 1.54) is 4.31 Å². The van der Waals surface area contributed by atoms with Crippen LogP contribution in [0.4, 0.5) is 0 Å². The zero-order valence-corrected chi connectivity index (χ0v) is 13.5. The third kappa shape index (κ3) is 3.81. The fraction of sp³-hybridized carbons (Fsp3) is 0.600. The fourth-order valence-corrected chi connectivity index (χ4v) is 3.91. The standard InChI is InChI=1S/C15H25NO3S/c1-5-10-16(12(3)4)20(18,19)14-9-7-8-13(11-14)15(17)6-2/h7-9,11-12,15,17H,5-6,10H2,1-4H3. The van der Waals surface area contributed by atoms with E-state index >= 15 is 0 Å². The molecular formula is C15H25NO3S. The number of aliphatic hydroxyl groups is 1. The Bertz CT molecular complexity index is 526. The van der Waals surface area contributed by atoms with Crippen molar-refractivity contribution in [2.45, 2.75) is 57.6 Å². The van der Waals surface area contributed by atoms with E-state index in [1.54, 1.807) is 24.3 Å². The van der Waals surface area contributed by atoms with E-state index in [2.05, 4.69) is 0 Å². The van der Waals surface area contributed by atoms with Gasteiger partial charge in [-0.2, -0.15) is 4.31 Å². The molecule has 20 heavy (non-hydrogen) atoms. The first-order valence-corrected chi connectivity index (χ1v) is 8.58. The van der Waals surface area contributed by atoms with Gasteiger partial charge < -0.3 is 5.11 Å². The summed E-state index contributed by atoms with van der Waals surface area (Å²) in [5, 5.41) is 9.86. The first-order chi connectivity index (χ1) is 9.34. The largest absolute Gasteiger partial charge is 0.388 e. The second kappa shape index (κ2) is 7.20. The Labute approximate surface area is 122 Å². The molecule has 1 atom stereocenters. The lowest BCUT2D eigenvalue weighted by molar-refractivity contribution is 0.173. The molecule has 4 nitrogen and oxygen atoms in total. The molecule has 0 saturated carbocycles. The molecule has 1 aromatic rings. The van der Waals surface area contributed by atoms with Gasteiger partial charge in [0.25, 0.3) is 0 Å². The minimum atomic E-state index is -3.50. The van der Waals surface area contributed by atoms with Crippen LogP contribution >= 0.6 is 0 Å². The first-order valence-electron chi connectivity index (χ1n) is 7.14. The van der Waals surface area contributed by atoms with E-state index in [1.807, 2.05) is 27.7 Å². The molecule has 1 N–H and O–H groups in total. The lowest BCUT2D eigenvalue weighted by atomic mass is 10.1. The summed E-state index contributed by atoms with van der Waals surface area (Å²) in [5.74, 6) is 0. The molecule has 1 rings (SSSR count). The average Bonchev–Trinajstić information content (AvgIpc) is 2.43. The van der Waals surface area contributed by atoms with Crippen molar-refractivity contribution < 1.29 is 13.5 Å². The molecule has 0 aliphatic heterocycles. The summed E-state index contributed by atoms with van der Waals surface area (Å²) in [6, 6.07) is 6.53. The van der Waals surface area contributed by atoms with Gasteiger partial charge in [0.15, 0.2) is 0 Å². The second-order valence-electron chi connectivity index (χ2n) is 5.21. The molecule has 0 spiro atoms. The van der Waals surface area contributed by atoms with Crippen molar-refractivity contribution in [3.8, 4) is 0 Å². The third-order valence-corrected chi connectivity index (χ3v) is 5.33. The number of rotatable bonds is 7. The second-order valence-corrected chi connectivity index (χ2v) is 7.10. The minimum absolute atomic E-state index is 0.0836. The number of benzene rings is 1. The van der Waals surface area contributed by atoms with E-state index in [0.717, 1.165) is 6.42 Å². The first kappa shape index (κ1) is 17.1. The average molecular weight is 299 g/mol. The van der Waals surface area contributed by atoms with Crippen LogP contribution in [0.5, 0.6) is 0 Å². The molecule has 0 aromatic heterocycles. The fourth-order valence-electron chi connectivity index (χ4n) is 2.13. The maximum Gasteiger partial charge on any atom is 0.243 e. The van der Waals surface area contributed by atoms with E-state index in [9.17, 15) is 13.5 Å². The van der Waals surface area contributed by atoms with Crippen molar-refractivity contribution in [2.24, 2.45) is 0 Å². The molecule has 0 fully saturated rings. The Balaban J connectivity index is 3.20. The van der Waals surface area contributed by atoms with Crippen LogP contribution < -0.4 is 0 Å². The smallest absolute Gasteiger partial charge is 0.243 e. The zero-order chi connectivity index (χ0) is 15.3. The minimum Gasteiger partial charge on any atom is -0.388 e. The molecule has 0 bridgehead atoms. The van der Waals surface area contributed by atoms with Crippen molar-refractivity contribution >= 4 is 10.0 Å². The molecule has 0 aliphatic rings. The van der Waals surface area contributed by atoms with Crippen LogP contribution in [0.2, 0.25) is 0 Å². The molecule has 1 aromatic carbocycles. The van der Waals surface area contributed by atoms with Gasteiger partial charge in [0.1, 0.15) is 0 Å². The topological polar surface area (TPSA) is 57.6 Å². The molecule has 0 aliphatic carbocycles. The van der Waals surface area contributed by atoms with Crippen molar-refractivity contribution in [3.05, 3.63) is 29.8 Å². The summed E-state index contributed by atoms with van der Waals surface area (Å²) in [4.78, 5) is 0.254. The third-order valence-electron chi connectivity index (χ3n) is 3.26. The van der Waals surface area contributed by atoms with Crippen molar-refractivity contribution in [3.63, 3.8) is 0 Å². The van der Waals surface area contributed by atoms with Gasteiger partial charge in [-0.25, -0.2) is 8.42 Å². The Morgan fingerprint density at radius 2 is 1.90 bits per heavy atom. The summed E-state index contributed by atoms with van der Waals surface area (Å²) in [6.07, 6.45) is 0.713. The molecule has 0 amide bonds. The van der Waals surface area contributed by atoms with Crippen molar-refractivity contribution in [2.75, 3.05) is 6.54 Å². The van der Waals surface area contributed by atoms with Gasteiger partial charge in [0.05, 0.1) is 11.0 Å². The van der Waals surface area contributed by atoms with Crippen LogP contribution in [0.15, 0.2) is 29.2 Å². The van der Waals surface area contributed by atoms with Crippen molar-refractivity contribution in [1.82, 2.24) is 4.31 Å². The van der Waals surface area contributed by atoms with Crippen LogP contribution in [0.25, 0.3) is 0 Å². The Morgan fingerprint density at radius 1 is 1.25 bits per heavy atom. The maximum absolute atomic E-state index is 12.7. The lowest BCUT2D eigenvalue weighted by Gasteiger charge is -2.25. The number of sulfonamides is 1. The quantitative estimate of drug-likeness (QED) is 0.842. The van der Waals surface area contributed by atoms with Gasteiger partial charge in [-0.3, -0.25) is 0 Å². The molecule has 0 radical (unpaired) electrons. The van der Waals surface area contributed by atoms with E-state index < -0.39 is 16.1 Å². The Kier molecular flexibility index (Phi) is 6.17. The van der Waals surface area contributed by atoms with E-state index in [0.29, 0.717) is 18.5 Å². The van der Waals surface area contributed by atoms with E-state index in [4.69, 9.17) is 0 Å². The lowest BCUT2D eigenvalue weighted by Crippen LogP contribution is -2.37. The van der Waals surface area contributed by atoms with Crippen LogP contribution in [0.3, 0.4) is 0 Å². The van der Waals surface area contributed by atoms with Crippen LogP contribution in [0, 0.1) is 0 Å². The highest BCUT2D eigenvalue weighted by Crippen LogP contribution is 2.23. The highest BCUT2D eigenvalue weighted by Gasteiger charge is 2.26. The SMILES string of the molecule is CCCN(C(C)C)S(=O)(=O)c1cccc(C(O)CC)c1. The number of hydrogen-bond acceptors (Lipinski definition) is 3. The molecular weight excluding hydrogens is 274 g/mol. The predicted octanol–water partition coefficient (Wildman–Crippen LogP) is 2.94.